The lowest BCUT2D eigenvalue weighted by molar-refractivity contribution is -0.141. The molecular formula is C15H19F3O3. The van der Waals surface area contributed by atoms with Crippen LogP contribution in [0.15, 0.2) is 35.1 Å². The van der Waals surface area contributed by atoms with Gasteiger partial charge in [-0.3, -0.25) is 4.79 Å². The second-order valence-corrected chi connectivity index (χ2v) is 5.22. The molecule has 1 rings (SSSR count). The molecule has 0 aliphatic heterocycles. The number of aliphatic carboxylic acids is 1. The molecule has 0 aromatic rings. The van der Waals surface area contributed by atoms with E-state index >= 15 is 0 Å². The summed E-state index contributed by atoms with van der Waals surface area (Å²) in [6.45, 7) is 2.67. The molecule has 1 fully saturated rings. The van der Waals surface area contributed by atoms with Crippen LogP contribution in [0.2, 0.25) is 0 Å². The molecule has 21 heavy (non-hydrogen) atoms. The number of carboxylic acid groups (broad SMARTS) is 1. The van der Waals surface area contributed by atoms with Gasteiger partial charge in [0.1, 0.15) is 0 Å². The average molecular weight is 304 g/mol. The number of rotatable bonds is 4. The van der Waals surface area contributed by atoms with Crippen LogP contribution in [0.5, 0.6) is 0 Å². The molecule has 0 aromatic carbocycles. The summed E-state index contributed by atoms with van der Waals surface area (Å²) in [6, 6.07) is 0. The Bertz CT molecular complexity index is 483. The van der Waals surface area contributed by atoms with Crippen LogP contribution < -0.4 is 0 Å². The molecule has 1 aliphatic rings. The highest BCUT2D eigenvalue weighted by molar-refractivity contribution is 5.70. The lowest BCUT2D eigenvalue weighted by Gasteiger charge is -2.14. The van der Waals surface area contributed by atoms with Crippen molar-refractivity contribution >= 4 is 5.97 Å². The standard InChI is InChI=1S/C15H19F3O3/c1-3-13(15(16,17)18)8-12(6-9(2)19)10-4-5-11(7-10)14(20)21/h3,6,8,10-11,19H,4-5,7H2,1-2H3,(H,20,21)/b9-6+,12-8+,13-3?/t10-,11-/m1/s1. The second kappa shape index (κ2) is 6.83. The van der Waals surface area contributed by atoms with Crippen LogP contribution in [-0.4, -0.2) is 22.4 Å². The lowest BCUT2D eigenvalue weighted by Crippen LogP contribution is -2.12. The molecule has 2 atom stereocenters. The molecule has 1 saturated carbocycles. The molecule has 2 N–H and O–H groups in total. The van der Waals surface area contributed by atoms with Gasteiger partial charge in [-0.2, -0.15) is 13.2 Å². The van der Waals surface area contributed by atoms with Crippen LogP contribution in [0.3, 0.4) is 0 Å². The third kappa shape index (κ3) is 4.95. The van der Waals surface area contributed by atoms with E-state index in [0.717, 1.165) is 12.2 Å². The topological polar surface area (TPSA) is 57.5 Å². The smallest absolute Gasteiger partial charge is 0.416 e. The van der Waals surface area contributed by atoms with Crippen molar-refractivity contribution in [1.82, 2.24) is 0 Å². The molecular weight excluding hydrogens is 285 g/mol. The van der Waals surface area contributed by atoms with Gasteiger partial charge in [-0.1, -0.05) is 6.08 Å². The van der Waals surface area contributed by atoms with E-state index in [2.05, 4.69) is 0 Å². The van der Waals surface area contributed by atoms with Gasteiger partial charge in [0.2, 0.25) is 0 Å². The second-order valence-electron chi connectivity index (χ2n) is 5.22. The Balaban J connectivity index is 3.08. The molecule has 0 heterocycles. The average Bonchev–Trinajstić information content (AvgIpc) is 2.81. The highest BCUT2D eigenvalue weighted by Gasteiger charge is 2.34. The van der Waals surface area contributed by atoms with Gasteiger partial charge in [-0.05, 0) is 56.8 Å². The summed E-state index contributed by atoms with van der Waals surface area (Å²) >= 11 is 0. The van der Waals surface area contributed by atoms with Crippen LogP contribution in [0, 0.1) is 11.8 Å². The van der Waals surface area contributed by atoms with E-state index in [9.17, 15) is 23.1 Å². The van der Waals surface area contributed by atoms with E-state index < -0.39 is 23.6 Å². The minimum atomic E-state index is -4.47. The number of alkyl halides is 3. The van der Waals surface area contributed by atoms with E-state index in [1.807, 2.05) is 0 Å². The van der Waals surface area contributed by atoms with Crippen LogP contribution in [0.4, 0.5) is 13.2 Å². The predicted octanol–water partition coefficient (Wildman–Crippen LogP) is 4.38. The van der Waals surface area contributed by atoms with Gasteiger partial charge in [0.25, 0.3) is 0 Å². The number of aliphatic hydroxyl groups excluding tert-OH is 1. The summed E-state index contributed by atoms with van der Waals surface area (Å²) in [4.78, 5) is 11.0. The van der Waals surface area contributed by atoms with Gasteiger partial charge >= 0.3 is 12.1 Å². The molecule has 3 nitrogen and oxygen atoms in total. The fourth-order valence-corrected chi connectivity index (χ4v) is 2.54. The number of hydrogen-bond donors (Lipinski definition) is 2. The molecule has 0 saturated heterocycles. The van der Waals surface area contributed by atoms with Crippen molar-refractivity contribution in [2.24, 2.45) is 11.8 Å². The Kier molecular flexibility index (Phi) is 5.63. The molecule has 0 unspecified atom stereocenters. The van der Waals surface area contributed by atoms with Gasteiger partial charge in [-0.15, -0.1) is 0 Å². The van der Waals surface area contributed by atoms with Crippen LogP contribution >= 0.6 is 0 Å². The number of hydrogen-bond acceptors (Lipinski definition) is 2. The summed E-state index contributed by atoms with van der Waals surface area (Å²) < 4.78 is 38.5. The number of aliphatic hydroxyl groups is 1. The van der Waals surface area contributed by atoms with Crippen molar-refractivity contribution in [2.75, 3.05) is 0 Å². The fourth-order valence-electron chi connectivity index (χ4n) is 2.54. The molecule has 0 radical (unpaired) electrons. The van der Waals surface area contributed by atoms with Crippen LogP contribution in [0.25, 0.3) is 0 Å². The highest BCUT2D eigenvalue weighted by Crippen LogP contribution is 2.38. The Morgan fingerprint density at radius 3 is 2.10 bits per heavy atom. The zero-order chi connectivity index (χ0) is 16.2. The molecule has 1 aliphatic carbocycles. The Morgan fingerprint density at radius 2 is 1.71 bits per heavy atom. The summed E-state index contributed by atoms with van der Waals surface area (Å²) in [5, 5.41) is 18.3. The third-order valence-electron chi connectivity index (χ3n) is 3.59. The molecule has 6 heteroatoms. The van der Waals surface area contributed by atoms with Crippen molar-refractivity contribution < 1.29 is 28.2 Å². The normalized spacial score (nSPS) is 25.3. The summed E-state index contributed by atoms with van der Waals surface area (Å²) in [6.07, 6.45) is -0.000980. The van der Waals surface area contributed by atoms with Crippen molar-refractivity contribution in [1.29, 1.82) is 0 Å². The number of carbonyl (C=O) groups is 1. The summed E-state index contributed by atoms with van der Waals surface area (Å²) in [5.74, 6) is -1.85. The van der Waals surface area contributed by atoms with Gasteiger partial charge in [0, 0.05) is 0 Å². The Morgan fingerprint density at radius 1 is 1.14 bits per heavy atom. The number of halogens is 3. The Labute approximate surface area is 121 Å². The lowest BCUT2D eigenvalue weighted by atomic mass is 9.93. The molecule has 0 aromatic heterocycles. The Hall–Kier alpha value is -1.72. The van der Waals surface area contributed by atoms with Crippen molar-refractivity contribution in [3.63, 3.8) is 0 Å². The maximum absolute atomic E-state index is 12.8. The number of allylic oxidation sites excluding steroid dienone is 6. The van der Waals surface area contributed by atoms with Crippen molar-refractivity contribution in [3.05, 3.63) is 35.1 Å². The van der Waals surface area contributed by atoms with Crippen LogP contribution in [-0.2, 0) is 4.79 Å². The third-order valence-corrected chi connectivity index (χ3v) is 3.59. The van der Waals surface area contributed by atoms with E-state index in [1.54, 1.807) is 0 Å². The monoisotopic (exact) mass is 304 g/mol. The van der Waals surface area contributed by atoms with E-state index in [-0.39, 0.29) is 11.7 Å². The largest absolute Gasteiger partial charge is 0.513 e. The minimum absolute atomic E-state index is 0.0994. The van der Waals surface area contributed by atoms with Crippen molar-refractivity contribution in [2.45, 2.75) is 39.3 Å². The van der Waals surface area contributed by atoms with Gasteiger partial charge in [0.05, 0.1) is 17.3 Å². The van der Waals surface area contributed by atoms with Crippen molar-refractivity contribution in [3.8, 4) is 0 Å². The highest BCUT2D eigenvalue weighted by atomic mass is 19.4. The predicted molar refractivity (Wildman–Crippen MR) is 72.7 cm³/mol. The van der Waals surface area contributed by atoms with Gasteiger partial charge in [-0.25, -0.2) is 0 Å². The maximum Gasteiger partial charge on any atom is 0.416 e. The molecule has 0 spiro atoms. The summed E-state index contributed by atoms with van der Waals surface area (Å²) in [7, 11) is 0. The van der Waals surface area contributed by atoms with Crippen LogP contribution in [0.1, 0.15) is 33.1 Å². The first-order valence-electron chi connectivity index (χ1n) is 6.70. The first-order valence-corrected chi connectivity index (χ1v) is 6.70. The number of carboxylic acids is 1. The van der Waals surface area contributed by atoms with E-state index in [0.29, 0.717) is 24.8 Å². The first kappa shape index (κ1) is 17.3. The molecule has 0 bridgehead atoms. The first-order chi connectivity index (χ1) is 9.65. The maximum atomic E-state index is 12.8. The zero-order valence-corrected chi connectivity index (χ0v) is 11.9. The minimum Gasteiger partial charge on any atom is -0.513 e. The SMILES string of the molecule is CC=C(/C=C(\C=C(/C)O)[C@@H]1CC[C@@H](C(=O)O)C1)C(F)(F)F. The molecule has 0 amide bonds. The fraction of sp³-hybridized carbons (Fsp3) is 0.533. The summed E-state index contributed by atoms with van der Waals surface area (Å²) in [5.41, 5.74) is -0.474. The van der Waals surface area contributed by atoms with Gasteiger partial charge < -0.3 is 10.2 Å². The van der Waals surface area contributed by atoms with Gasteiger partial charge in [0.15, 0.2) is 0 Å². The van der Waals surface area contributed by atoms with E-state index in [4.69, 9.17) is 5.11 Å². The quantitative estimate of drug-likeness (QED) is 0.598. The molecule has 118 valence electrons. The zero-order valence-electron chi connectivity index (χ0n) is 11.9. The van der Waals surface area contributed by atoms with E-state index in [1.165, 1.54) is 19.9 Å².